The average molecular weight is 282 g/mol. The van der Waals surface area contributed by atoms with Gasteiger partial charge in [-0.1, -0.05) is 34.6 Å². The van der Waals surface area contributed by atoms with Crippen LogP contribution in [0, 0.1) is 11.3 Å². The number of hydrogen-bond acceptors (Lipinski definition) is 3. The summed E-state index contributed by atoms with van der Waals surface area (Å²) >= 11 is 0. The molecule has 4 unspecified atom stereocenters. The molecular formula is C16H30N2O2. The molecule has 4 atom stereocenters. The minimum absolute atomic E-state index is 0.00357. The number of rotatable bonds is 5. The van der Waals surface area contributed by atoms with Gasteiger partial charge in [0.05, 0.1) is 18.3 Å². The zero-order valence-electron chi connectivity index (χ0n) is 13.8. The fraction of sp³-hybridized carbons (Fsp3) is 0.938. The van der Waals surface area contributed by atoms with Crippen LogP contribution in [0.1, 0.15) is 53.9 Å². The van der Waals surface area contributed by atoms with Gasteiger partial charge in [0.1, 0.15) is 0 Å². The predicted molar refractivity (Wildman–Crippen MR) is 80.3 cm³/mol. The summed E-state index contributed by atoms with van der Waals surface area (Å²) in [6.45, 7) is 10.9. The Balaban J connectivity index is 2.16. The molecule has 1 aliphatic carbocycles. The van der Waals surface area contributed by atoms with Crippen molar-refractivity contribution in [3.8, 4) is 0 Å². The van der Waals surface area contributed by atoms with E-state index >= 15 is 0 Å². The van der Waals surface area contributed by atoms with E-state index in [0.717, 1.165) is 19.3 Å². The largest absolute Gasteiger partial charge is 0.381 e. The summed E-state index contributed by atoms with van der Waals surface area (Å²) < 4.78 is 5.54. The second kappa shape index (κ2) is 5.64. The van der Waals surface area contributed by atoms with Gasteiger partial charge in [0.2, 0.25) is 5.91 Å². The highest BCUT2D eigenvalue weighted by Crippen LogP contribution is 2.47. The molecule has 4 nitrogen and oxygen atoms in total. The number of hydrogen-bond donors (Lipinski definition) is 1. The maximum atomic E-state index is 12.7. The molecule has 2 fully saturated rings. The Hall–Kier alpha value is -0.610. The molecule has 0 aromatic carbocycles. The first-order valence-electron chi connectivity index (χ1n) is 7.93. The number of nitrogens with zero attached hydrogens (tertiary/aromatic N) is 1. The first-order valence-corrected chi connectivity index (χ1v) is 7.93. The highest BCUT2D eigenvalue weighted by atomic mass is 16.5. The van der Waals surface area contributed by atoms with E-state index in [-0.39, 0.29) is 29.6 Å². The van der Waals surface area contributed by atoms with E-state index in [0.29, 0.717) is 12.0 Å². The lowest BCUT2D eigenvalue weighted by molar-refractivity contribution is -0.163. The summed E-state index contributed by atoms with van der Waals surface area (Å²) in [5, 5.41) is 3.53. The van der Waals surface area contributed by atoms with E-state index < -0.39 is 0 Å². The van der Waals surface area contributed by atoms with Crippen molar-refractivity contribution in [1.82, 2.24) is 10.2 Å². The first-order chi connectivity index (χ1) is 9.32. The molecule has 20 heavy (non-hydrogen) atoms. The normalized spacial score (nSPS) is 36.5. The van der Waals surface area contributed by atoms with Gasteiger partial charge in [0, 0.05) is 18.6 Å². The van der Waals surface area contributed by atoms with E-state index in [4.69, 9.17) is 4.74 Å². The third-order valence-corrected chi connectivity index (χ3v) is 5.13. The van der Waals surface area contributed by atoms with Crippen LogP contribution in [0.25, 0.3) is 0 Å². The topological polar surface area (TPSA) is 41.6 Å². The quantitative estimate of drug-likeness (QED) is 0.842. The fourth-order valence-electron chi connectivity index (χ4n) is 3.75. The summed E-state index contributed by atoms with van der Waals surface area (Å²) in [7, 11) is 1.77. The van der Waals surface area contributed by atoms with Gasteiger partial charge in [-0.25, -0.2) is 0 Å². The van der Waals surface area contributed by atoms with Crippen molar-refractivity contribution in [3.05, 3.63) is 0 Å². The van der Waals surface area contributed by atoms with Gasteiger partial charge in [-0.3, -0.25) is 10.1 Å². The minimum atomic E-state index is -0.00357. The van der Waals surface area contributed by atoms with Crippen LogP contribution in [0.4, 0.5) is 0 Å². The lowest BCUT2D eigenvalue weighted by Gasteiger charge is -2.55. The molecule has 1 saturated heterocycles. The number of methoxy groups -OCH3 is 1. The summed E-state index contributed by atoms with van der Waals surface area (Å²) in [6, 6.07) is 0.295. The molecule has 4 heteroatoms. The molecule has 116 valence electrons. The summed E-state index contributed by atoms with van der Waals surface area (Å²) in [5.41, 5.74) is 0.0456. The van der Waals surface area contributed by atoms with Gasteiger partial charge in [0.25, 0.3) is 0 Å². The van der Waals surface area contributed by atoms with E-state index in [1.165, 1.54) is 0 Å². The lowest BCUT2D eigenvalue weighted by Crippen LogP contribution is -2.64. The van der Waals surface area contributed by atoms with Gasteiger partial charge < -0.3 is 9.64 Å². The van der Waals surface area contributed by atoms with Crippen molar-refractivity contribution < 1.29 is 9.53 Å². The number of carbonyl (C=O) groups excluding carboxylic acids is 1. The van der Waals surface area contributed by atoms with Crippen LogP contribution in [0.2, 0.25) is 0 Å². The third kappa shape index (κ3) is 2.48. The van der Waals surface area contributed by atoms with Crippen LogP contribution in [-0.4, -0.2) is 42.3 Å². The number of amides is 1. The third-order valence-electron chi connectivity index (χ3n) is 5.13. The fourth-order valence-corrected chi connectivity index (χ4v) is 3.75. The molecule has 1 amide bonds. The van der Waals surface area contributed by atoms with Gasteiger partial charge in [0.15, 0.2) is 0 Å². The SMILES string of the molecule is CCC1NC(CC(C)C)N(C2CC(OC)C2(C)C)C1=O. The number of ether oxygens (including phenoxy) is 1. The Morgan fingerprint density at radius 2 is 2.10 bits per heavy atom. The molecule has 1 N–H and O–H groups in total. The van der Waals surface area contributed by atoms with E-state index in [9.17, 15) is 4.79 Å². The monoisotopic (exact) mass is 282 g/mol. The zero-order chi connectivity index (χ0) is 15.1. The Kier molecular flexibility index (Phi) is 4.45. The first kappa shape index (κ1) is 15.8. The Morgan fingerprint density at radius 3 is 2.55 bits per heavy atom. The maximum absolute atomic E-state index is 12.7. The summed E-state index contributed by atoms with van der Waals surface area (Å²) in [6.07, 6.45) is 3.30. The van der Waals surface area contributed by atoms with Gasteiger partial charge in [-0.05, 0) is 25.2 Å². The van der Waals surface area contributed by atoms with Crippen molar-refractivity contribution in [1.29, 1.82) is 0 Å². The highest BCUT2D eigenvalue weighted by Gasteiger charge is 2.56. The molecule has 2 rings (SSSR count). The van der Waals surface area contributed by atoms with Crippen LogP contribution in [0.3, 0.4) is 0 Å². The minimum Gasteiger partial charge on any atom is -0.381 e. The maximum Gasteiger partial charge on any atom is 0.241 e. The van der Waals surface area contributed by atoms with Crippen molar-refractivity contribution >= 4 is 5.91 Å². The second-order valence-electron chi connectivity index (χ2n) is 7.32. The van der Waals surface area contributed by atoms with Crippen molar-refractivity contribution in [2.45, 2.75) is 78.2 Å². The van der Waals surface area contributed by atoms with Crippen LogP contribution in [-0.2, 0) is 9.53 Å². The molecule has 1 aliphatic heterocycles. The van der Waals surface area contributed by atoms with Crippen LogP contribution < -0.4 is 5.32 Å². The smallest absolute Gasteiger partial charge is 0.241 e. The number of carbonyl (C=O) groups is 1. The molecular weight excluding hydrogens is 252 g/mol. The van der Waals surface area contributed by atoms with Gasteiger partial charge >= 0.3 is 0 Å². The predicted octanol–water partition coefficient (Wildman–Crippen LogP) is 2.38. The summed E-state index contributed by atoms with van der Waals surface area (Å²) in [4.78, 5) is 14.8. The van der Waals surface area contributed by atoms with Crippen LogP contribution in [0.5, 0.6) is 0 Å². The second-order valence-corrected chi connectivity index (χ2v) is 7.32. The Labute approximate surface area is 123 Å². The summed E-state index contributed by atoms with van der Waals surface area (Å²) in [5.74, 6) is 0.866. The van der Waals surface area contributed by atoms with Crippen LogP contribution >= 0.6 is 0 Å². The van der Waals surface area contributed by atoms with E-state index in [1.807, 2.05) is 0 Å². The average Bonchev–Trinajstić information content (AvgIpc) is 2.65. The molecule has 2 aliphatic rings. The molecule has 1 saturated carbocycles. The standard InChI is InChI=1S/C16H30N2O2/c1-7-11-15(19)18(14(17-11)8-10(2)3)12-9-13(20-6)16(12,4)5/h10-14,17H,7-9H2,1-6H3. The number of nitrogens with one attached hydrogen (secondary N) is 1. The van der Waals surface area contributed by atoms with Crippen molar-refractivity contribution in [2.24, 2.45) is 11.3 Å². The Morgan fingerprint density at radius 1 is 1.45 bits per heavy atom. The van der Waals surface area contributed by atoms with E-state index in [1.54, 1.807) is 7.11 Å². The van der Waals surface area contributed by atoms with Gasteiger partial charge in [-0.15, -0.1) is 0 Å². The molecule has 0 spiro atoms. The molecule has 0 aromatic heterocycles. The van der Waals surface area contributed by atoms with Crippen molar-refractivity contribution in [3.63, 3.8) is 0 Å². The molecule has 0 bridgehead atoms. The van der Waals surface area contributed by atoms with Crippen LogP contribution in [0.15, 0.2) is 0 Å². The lowest BCUT2D eigenvalue weighted by atomic mass is 9.63. The van der Waals surface area contributed by atoms with Crippen molar-refractivity contribution in [2.75, 3.05) is 7.11 Å². The van der Waals surface area contributed by atoms with Gasteiger partial charge in [-0.2, -0.15) is 0 Å². The molecule has 0 aromatic rings. The highest BCUT2D eigenvalue weighted by molar-refractivity contribution is 5.84. The van der Waals surface area contributed by atoms with E-state index in [2.05, 4.69) is 44.8 Å². The Bertz CT molecular complexity index is 367. The molecule has 1 heterocycles. The molecule has 0 radical (unpaired) electrons. The zero-order valence-corrected chi connectivity index (χ0v) is 13.8.